The van der Waals surface area contributed by atoms with Crippen LogP contribution in [0.5, 0.6) is 5.75 Å². The minimum absolute atomic E-state index is 0.803. The van der Waals surface area contributed by atoms with Gasteiger partial charge in [-0.1, -0.05) is 0 Å². The molecule has 0 bridgehead atoms. The summed E-state index contributed by atoms with van der Waals surface area (Å²) < 4.78 is 11.0. The molecule has 0 aromatic heterocycles. The molecule has 0 atom stereocenters. The highest BCUT2D eigenvalue weighted by Crippen LogP contribution is 2.34. The molecule has 104 valence electrons. The summed E-state index contributed by atoms with van der Waals surface area (Å²) in [7, 11) is 1.76. The van der Waals surface area contributed by atoms with Crippen LogP contribution in [0.4, 0.5) is 11.4 Å². The molecule has 4 nitrogen and oxygen atoms in total. The molecule has 2 aliphatic heterocycles. The van der Waals surface area contributed by atoms with Gasteiger partial charge in [0, 0.05) is 37.9 Å². The molecule has 2 heterocycles. The molecule has 0 aliphatic carbocycles. The molecule has 2 fully saturated rings. The zero-order valence-corrected chi connectivity index (χ0v) is 11.6. The maximum absolute atomic E-state index is 5.59. The van der Waals surface area contributed by atoms with Crippen LogP contribution in [0.3, 0.4) is 0 Å². The maximum Gasteiger partial charge on any atom is 0.144 e. The normalized spacial score (nSPS) is 19.8. The molecular formula is C15H22N2O2. The molecule has 0 unspecified atom stereocenters. The summed E-state index contributed by atoms with van der Waals surface area (Å²) in [4.78, 5) is 4.78. The molecule has 1 aromatic carbocycles. The molecule has 3 rings (SSSR count). The van der Waals surface area contributed by atoms with E-state index in [4.69, 9.17) is 9.47 Å². The minimum atomic E-state index is 0.803. The molecule has 4 heteroatoms. The van der Waals surface area contributed by atoms with Crippen molar-refractivity contribution in [2.45, 2.75) is 12.8 Å². The Labute approximate surface area is 114 Å². The van der Waals surface area contributed by atoms with Gasteiger partial charge in [-0.2, -0.15) is 0 Å². The molecule has 2 aliphatic rings. The lowest BCUT2D eigenvalue weighted by Gasteiger charge is -2.30. The average Bonchev–Trinajstić information content (AvgIpc) is 3.02. The third kappa shape index (κ3) is 2.63. The summed E-state index contributed by atoms with van der Waals surface area (Å²) in [5.74, 6) is 0.978. The van der Waals surface area contributed by atoms with Crippen LogP contribution >= 0.6 is 0 Å². The first kappa shape index (κ1) is 12.6. The lowest BCUT2D eigenvalue weighted by atomic mass is 10.2. The zero-order chi connectivity index (χ0) is 13.1. The number of rotatable bonds is 3. The van der Waals surface area contributed by atoms with Gasteiger partial charge in [0.15, 0.2) is 0 Å². The molecule has 0 spiro atoms. The Kier molecular flexibility index (Phi) is 3.78. The number of morpholine rings is 1. The van der Waals surface area contributed by atoms with Crippen molar-refractivity contribution in [2.24, 2.45) is 0 Å². The smallest absolute Gasteiger partial charge is 0.144 e. The predicted octanol–water partition coefficient (Wildman–Crippen LogP) is 2.13. The van der Waals surface area contributed by atoms with Gasteiger partial charge < -0.3 is 19.3 Å². The quantitative estimate of drug-likeness (QED) is 0.833. The van der Waals surface area contributed by atoms with E-state index >= 15 is 0 Å². The molecule has 19 heavy (non-hydrogen) atoms. The van der Waals surface area contributed by atoms with Crippen LogP contribution in [0.15, 0.2) is 18.2 Å². The number of ether oxygens (including phenoxy) is 2. The second kappa shape index (κ2) is 5.70. The SMILES string of the molecule is COc1cc(N2CCCC2)ccc1N1CCOCC1. The lowest BCUT2D eigenvalue weighted by Crippen LogP contribution is -2.36. The topological polar surface area (TPSA) is 24.9 Å². The third-order valence-electron chi connectivity index (χ3n) is 3.99. The fourth-order valence-corrected chi connectivity index (χ4v) is 2.90. The molecule has 1 aromatic rings. The van der Waals surface area contributed by atoms with Crippen LogP contribution in [-0.4, -0.2) is 46.5 Å². The first-order valence-electron chi connectivity index (χ1n) is 7.14. The van der Waals surface area contributed by atoms with Crippen LogP contribution in [0, 0.1) is 0 Å². The van der Waals surface area contributed by atoms with Gasteiger partial charge >= 0.3 is 0 Å². The van der Waals surface area contributed by atoms with Gasteiger partial charge in [-0.3, -0.25) is 0 Å². The predicted molar refractivity (Wildman–Crippen MR) is 77.5 cm³/mol. The maximum atomic E-state index is 5.59. The van der Waals surface area contributed by atoms with E-state index in [2.05, 4.69) is 28.0 Å². The molecule has 0 amide bonds. The molecule has 0 N–H and O–H groups in total. The monoisotopic (exact) mass is 262 g/mol. The fraction of sp³-hybridized carbons (Fsp3) is 0.600. The summed E-state index contributed by atoms with van der Waals surface area (Å²) in [6.45, 7) is 5.83. The number of methoxy groups -OCH3 is 1. The van der Waals surface area contributed by atoms with E-state index in [1.807, 2.05) is 0 Å². The van der Waals surface area contributed by atoms with E-state index in [9.17, 15) is 0 Å². The standard InChI is InChI=1S/C15H22N2O2/c1-18-15-12-13(16-6-2-3-7-16)4-5-14(15)17-8-10-19-11-9-17/h4-5,12H,2-3,6-11H2,1H3. The zero-order valence-electron chi connectivity index (χ0n) is 11.6. The molecule has 2 saturated heterocycles. The van der Waals surface area contributed by atoms with Gasteiger partial charge in [-0.15, -0.1) is 0 Å². The summed E-state index contributed by atoms with van der Waals surface area (Å²) in [6.07, 6.45) is 2.60. The Morgan fingerprint density at radius 3 is 2.42 bits per heavy atom. The highest BCUT2D eigenvalue weighted by atomic mass is 16.5. The number of hydrogen-bond acceptors (Lipinski definition) is 4. The van der Waals surface area contributed by atoms with Gasteiger partial charge in [0.2, 0.25) is 0 Å². The van der Waals surface area contributed by atoms with Crippen molar-refractivity contribution in [2.75, 3.05) is 56.3 Å². The van der Waals surface area contributed by atoms with Crippen LogP contribution in [-0.2, 0) is 4.74 Å². The van der Waals surface area contributed by atoms with Gasteiger partial charge in [0.1, 0.15) is 5.75 Å². The highest BCUT2D eigenvalue weighted by Gasteiger charge is 2.18. The second-order valence-electron chi connectivity index (χ2n) is 5.15. The number of hydrogen-bond donors (Lipinski definition) is 0. The fourth-order valence-electron chi connectivity index (χ4n) is 2.90. The highest BCUT2D eigenvalue weighted by molar-refractivity contribution is 5.66. The number of nitrogens with zero attached hydrogens (tertiary/aromatic N) is 2. The van der Waals surface area contributed by atoms with Crippen molar-refractivity contribution in [3.63, 3.8) is 0 Å². The van der Waals surface area contributed by atoms with Gasteiger partial charge in [-0.25, -0.2) is 0 Å². The van der Waals surface area contributed by atoms with Crippen molar-refractivity contribution >= 4 is 11.4 Å². The summed E-state index contributed by atoms with van der Waals surface area (Å²) in [6, 6.07) is 6.59. The molecular weight excluding hydrogens is 240 g/mol. The Hall–Kier alpha value is -1.42. The van der Waals surface area contributed by atoms with E-state index in [1.54, 1.807) is 7.11 Å². The Morgan fingerprint density at radius 2 is 1.74 bits per heavy atom. The van der Waals surface area contributed by atoms with Crippen LogP contribution in [0.1, 0.15) is 12.8 Å². The van der Waals surface area contributed by atoms with Crippen molar-refractivity contribution in [3.05, 3.63) is 18.2 Å². The van der Waals surface area contributed by atoms with Crippen LogP contribution in [0.2, 0.25) is 0 Å². The molecule has 0 radical (unpaired) electrons. The third-order valence-corrected chi connectivity index (χ3v) is 3.99. The first-order chi connectivity index (χ1) is 9.38. The van der Waals surface area contributed by atoms with Crippen LogP contribution < -0.4 is 14.5 Å². The summed E-state index contributed by atoms with van der Waals surface area (Å²) in [5, 5.41) is 0. The summed E-state index contributed by atoms with van der Waals surface area (Å²) >= 11 is 0. The van der Waals surface area contributed by atoms with E-state index in [0.717, 1.165) is 32.1 Å². The number of anilines is 2. The van der Waals surface area contributed by atoms with E-state index in [1.165, 1.54) is 37.3 Å². The van der Waals surface area contributed by atoms with Crippen LogP contribution in [0.25, 0.3) is 0 Å². The molecule has 0 saturated carbocycles. The van der Waals surface area contributed by atoms with Gasteiger partial charge in [-0.05, 0) is 25.0 Å². The van der Waals surface area contributed by atoms with Crippen molar-refractivity contribution in [1.29, 1.82) is 0 Å². The minimum Gasteiger partial charge on any atom is -0.495 e. The largest absolute Gasteiger partial charge is 0.495 e. The lowest BCUT2D eigenvalue weighted by molar-refractivity contribution is 0.122. The average molecular weight is 262 g/mol. The van der Waals surface area contributed by atoms with E-state index in [0.29, 0.717) is 0 Å². The first-order valence-corrected chi connectivity index (χ1v) is 7.14. The Balaban J connectivity index is 1.83. The van der Waals surface area contributed by atoms with E-state index < -0.39 is 0 Å². The second-order valence-corrected chi connectivity index (χ2v) is 5.15. The van der Waals surface area contributed by atoms with Crippen molar-refractivity contribution in [3.8, 4) is 5.75 Å². The Bertz CT molecular complexity index is 424. The number of benzene rings is 1. The van der Waals surface area contributed by atoms with Gasteiger partial charge in [0.05, 0.1) is 26.0 Å². The van der Waals surface area contributed by atoms with Crippen molar-refractivity contribution in [1.82, 2.24) is 0 Å². The van der Waals surface area contributed by atoms with Gasteiger partial charge in [0.25, 0.3) is 0 Å². The summed E-state index contributed by atoms with van der Waals surface area (Å²) in [5.41, 5.74) is 2.47. The van der Waals surface area contributed by atoms with Crippen molar-refractivity contribution < 1.29 is 9.47 Å². The van der Waals surface area contributed by atoms with E-state index in [-0.39, 0.29) is 0 Å². The Morgan fingerprint density at radius 1 is 1.00 bits per heavy atom.